The number of halogens is 3. The van der Waals surface area contributed by atoms with E-state index in [0.29, 0.717) is 16.5 Å². The number of hydrogen-bond acceptors (Lipinski definition) is 1. The van der Waals surface area contributed by atoms with Crippen molar-refractivity contribution in [3.63, 3.8) is 0 Å². The van der Waals surface area contributed by atoms with Crippen LogP contribution in [0.5, 0.6) is 0 Å². The average molecular weight is 285 g/mol. The van der Waals surface area contributed by atoms with Crippen LogP contribution in [-0.4, -0.2) is 9.67 Å². The van der Waals surface area contributed by atoms with Gasteiger partial charge in [-0.05, 0) is 39.8 Å². The summed E-state index contributed by atoms with van der Waals surface area (Å²) >= 11 is 0. The summed E-state index contributed by atoms with van der Waals surface area (Å²) in [5.41, 5.74) is -0.646. The van der Waals surface area contributed by atoms with Crippen LogP contribution in [0.2, 0.25) is 0 Å². The van der Waals surface area contributed by atoms with Crippen molar-refractivity contribution in [3.05, 3.63) is 35.5 Å². The Morgan fingerprint density at radius 1 is 1.15 bits per heavy atom. The van der Waals surface area contributed by atoms with Crippen LogP contribution >= 0.6 is 0 Å². The maximum atomic E-state index is 12.8. The lowest BCUT2D eigenvalue weighted by atomic mass is 9.97. The third-order valence-corrected chi connectivity index (χ3v) is 3.38. The molecular weight excluding hydrogens is 267 g/mol. The maximum Gasteiger partial charge on any atom is 0.416 e. The van der Waals surface area contributed by atoms with Crippen molar-refractivity contribution >= 4 is 10.9 Å². The maximum absolute atomic E-state index is 12.8. The van der Waals surface area contributed by atoms with Gasteiger partial charge in [-0.15, -0.1) is 0 Å². The molecule has 0 atom stereocenters. The minimum atomic E-state index is -4.37. The molecule has 1 aromatic carbocycles. The largest absolute Gasteiger partial charge is 0.416 e. The molecule has 0 amide bonds. The predicted octanol–water partition coefficient (Wildman–Crippen LogP) is 4.47. The Kier molecular flexibility index (Phi) is 3.37. The van der Waals surface area contributed by atoms with Crippen LogP contribution in [0.15, 0.2) is 24.4 Å². The van der Waals surface area contributed by atoms with Gasteiger partial charge in [-0.2, -0.15) is 13.2 Å². The molecule has 0 saturated heterocycles. The van der Waals surface area contributed by atoms with Crippen LogP contribution in [0.3, 0.4) is 0 Å². The minimum Gasteiger partial charge on any atom is -0.386 e. The molecule has 0 aliphatic heterocycles. The summed E-state index contributed by atoms with van der Waals surface area (Å²) in [5.74, 6) is 0. The molecule has 2 rings (SSSR count). The molecule has 0 bridgehead atoms. The fourth-order valence-electron chi connectivity index (χ4n) is 2.34. The number of benzene rings is 1. The smallest absolute Gasteiger partial charge is 0.386 e. The van der Waals surface area contributed by atoms with Crippen molar-refractivity contribution in [2.75, 3.05) is 0 Å². The summed E-state index contributed by atoms with van der Waals surface area (Å²) in [5, 5.41) is 10.8. The second-order valence-corrected chi connectivity index (χ2v) is 5.83. The van der Waals surface area contributed by atoms with Gasteiger partial charge in [0.1, 0.15) is 0 Å². The van der Waals surface area contributed by atoms with Crippen molar-refractivity contribution < 1.29 is 18.3 Å². The van der Waals surface area contributed by atoms with Gasteiger partial charge in [-0.3, -0.25) is 0 Å². The molecule has 0 radical (unpaired) electrons. The van der Waals surface area contributed by atoms with Gasteiger partial charge >= 0.3 is 6.18 Å². The van der Waals surface area contributed by atoms with Gasteiger partial charge in [0.05, 0.1) is 11.2 Å². The van der Waals surface area contributed by atoms with E-state index in [9.17, 15) is 18.3 Å². The Morgan fingerprint density at radius 3 is 2.20 bits per heavy atom. The van der Waals surface area contributed by atoms with Crippen molar-refractivity contribution in [2.45, 2.75) is 45.5 Å². The molecule has 1 aromatic heterocycles. The molecule has 0 fully saturated rings. The second-order valence-electron chi connectivity index (χ2n) is 5.83. The highest BCUT2D eigenvalue weighted by atomic mass is 19.4. The highest BCUT2D eigenvalue weighted by Crippen LogP contribution is 2.36. The SMILES string of the molecule is CC(C)n1cc(C(C)(C)O)c2ccc(C(F)(F)F)cc21. The molecule has 2 nitrogen and oxygen atoms in total. The van der Waals surface area contributed by atoms with Gasteiger partial charge in [-0.1, -0.05) is 6.07 Å². The van der Waals surface area contributed by atoms with E-state index in [1.165, 1.54) is 6.07 Å². The number of aliphatic hydroxyl groups is 1. The second kappa shape index (κ2) is 4.52. The molecule has 0 unspecified atom stereocenters. The van der Waals surface area contributed by atoms with Crippen LogP contribution in [0.25, 0.3) is 10.9 Å². The Labute approximate surface area is 115 Å². The lowest BCUT2D eigenvalue weighted by Gasteiger charge is -2.16. The Morgan fingerprint density at radius 2 is 1.75 bits per heavy atom. The fraction of sp³-hybridized carbons (Fsp3) is 0.467. The number of hydrogen-bond donors (Lipinski definition) is 1. The van der Waals surface area contributed by atoms with Crippen LogP contribution in [0.1, 0.15) is 44.9 Å². The summed E-state index contributed by atoms with van der Waals surface area (Å²) in [7, 11) is 0. The molecule has 2 aromatic rings. The quantitative estimate of drug-likeness (QED) is 0.865. The number of nitrogens with zero attached hydrogens (tertiary/aromatic N) is 1. The molecular formula is C15H18F3NO. The fourth-order valence-corrected chi connectivity index (χ4v) is 2.34. The highest BCUT2D eigenvalue weighted by Gasteiger charge is 2.32. The number of fused-ring (bicyclic) bond motifs is 1. The summed E-state index contributed by atoms with van der Waals surface area (Å²) in [6, 6.07) is 3.65. The topological polar surface area (TPSA) is 25.2 Å². The minimum absolute atomic E-state index is 0.0112. The van der Waals surface area contributed by atoms with E-state index in [-0.39, 0.29) is 6.04 Å². The van der Waals surface area contributed by atoms with Crippen molar-refractivity contribution in [2.24, 2.45) is 0 Å². The number of alkyl halides is 3. The van der Waals surface area contributed by atoms with E-state index >= 15 is 0 Å². The van der Waals surface area contributed by atoms with Gasteiger partial charge in [-0.25, -0.2) is 0 Å². The molecule has 20 heavy (non-hydrogen) atoms. The van der Waals surface area contributed by atoms with E-state index in [2.05, 4.69) is 0 Å². The average Bonchev–Trinajstić information content (AvgIpc) is 2.65. The molecule has 0 saturated carbocycles. The Hall–Kier alpha value is -1.49. The Bertz CT molecular complexity index is 633. The molecule has 0 aliphatic carbocycles. The first-order valence-corrected chi connectivity index (χ1v) is 6.46. The summed E-state index contributed by atoms with van der Waals surface area (Å²) in [6.45, 7) is 7.05. The molecule has 110 valence electrons. The van der Waals surface area contributed by atoms with Crippen LogP contribution in [0.4, 0.5) is 13.2 Å². The zero-order valence-electron chi connectivity index (χ0n) is 11.9. The van der Waals surface area contributed by atoms with Crippen LogP contribution in [0, 0.1) is 0 Å². The van der Waals surface area contributed by atoms with Crippen molar-refractivity contribution in [3.8, 4) is 0 Å². The first-order valence-electron chi connectivity index (χ1n) is 6.46. The van der Waals surface area contributed by atoms with E-state index < -0.39 is 17.3 Å². The summed E-state index contributed by atoms with van der Waals surface area (Å²) in [4.78, 5) is 0. The van der Waals surface area contributed by atoms with Gasteiger partial charge in [0, 0.05) is 28.7 Å². The normalized spacial score (nSPS) is 13.4. The number of aromatic nitrogens is 1. The first-order chi connectivity index (χ1) is 9.01. The zero-order valence-corrected chi connectivity index (χ0v) is 11.9. The standard InChI is InChI=1S/C15H18F3NO/c1-9(2)19-8-12(14(3,4)20)11-6-5-10(7-13(11)19)15(16,17)18/h5-9,20H,1-4H3. The molecule has 0 aliphatic rings. The highest BCUT2D eigenvalue weighted by molar-refractivity contribution is 5.85. The van der Waals surface area contributed by atoms with E-state index in [4.69, 9.17) is 0 Å². The van der Waals surface area contributed by atoms with Crippen molar-refractivity contribution in [1.29, 1.82) is 0 Å². The third kappa shape index (κ3) is 2.54. The molecule has 5 heteroatoms. The lowest BCUT2D eigenvalue weighted by molar-refractivity contribution is -0.137. The van der Waals surface area contributed by atoms with Crippen LogP contribution in [-0.2, 0) is 11.8 Å². The van der Waals surface area contributed by atoms with E-state index in [1.807, 2.05) is 13.8 Å². The monoisotopic (exact) mass is 285 g/mol. The molecule has 0 spiro atoms. The third-order valence-electron chi connectivity index (χ3n) is 3.38. The summed E-state index contributed by atoms with van der Waals surface area (Å²) in [6.07, 6.45) is -2.63. The summed E-state index contributed by atoms with van der Waals surface area (Å²) < 4.78 is 40.3. The van der Waals surface area contributed by atoms with Gasteiger partial charge in [0.25, 0.3) is 0 Å². The number of rotatable bonds is 2. The van der Waals surface area contributed by atoms with Crippen LogP contribution < -0.4 is 0 Å². The lowest BCUT2D eigenvalue weighted by Crippen LogP contribution is -2.14. The first kappa shape index (κ1) is 14.9. The zero-order chi connectivity index (χ0) is 15.3. The van der Waals surface area contributed by atoms with E-state index in [1.54, 1.807) is 24.6 Å². The molecule has 1 N–H and O–H groups in total. The Balaban J connectivity index is 2.77. The van der Waals surface area contributed by atoms with E-state index in [0.717, 1.165) is 12.1 Å². The van der Waals surface area contributed by atoms with Crippen molar-refractivity contribution in [1.82, 2.24) is 4.57 Å². The van der Waals surface area contributed by atoms with Gasteiger partial charge in [0.2, 0.25) is 0 Å². The molecule has 1 heterocycles. The predicted molar refractivity (Wildman–Crippen MR) is 72.6 cm³/mol. The van der Waals surface area contributed by atoms with Gasteiger partial charge in [0.15, 0.2) is 0 Å². The van der Waals surface area contributed by atoms with Gasteiger partial charge < -0.3 is 9.67 Å².